The number of hydrogen-bond acceptors (Lipinski definition) is 5. The molecule has 0 saturated heterocycles. The first kappa shape index (κ1) is 12.8. The molecule has 0 unspecified atom stereocenters. The van der Waals surface area contributed by atoms with Crippen molar-refractivity contribution in [1.29, 1.82) is 0 Å². The third kappa shape index (κ3) is 2.42. The maximum atomic E-state index is 12.8. The molecular weight excluding hydrogens is 277 g/mol. The van der Waals surface area contributed by atoms with Crippen LogP contribution in [0, 0.1) is 12.7 Å². The summed E-state index contributed by atoms with van der Waals surface area (Å²) in [6, 6.07) is 6.23. The molecule has 0 fully saturated rings. The number of aromatic nitrogens is 2. The second-order valence-electron chi connectivity index (χ2n) is 4.48. The average molecular weight is 289 g/mol. The normalized spacial score (nSPS) is 10.9. The van der Waals surface area contributed by atoms with E-state index in [0.29, 0.717) is 23.8 Å². The van der Waals surface area contributed by atoms with E-state index in [9.17, 15) is 4.39 Å². The van der Waals surface area contributed by atoms with Crippen molar-refractivity contribution in [1.82, 2.24) is 10.1 Å². The number of nitrogens with zero attached hydrogens (tertiary/aromatic N) is 2. The summed E-state index contributed by atoms with van der Waals surface area (Å²) in [5, 5.41) is 5.88. The highest BCUT2D eigenvalue weighted by Crippen LogP contribution is 2.33. The van der Waals surface area contributed by atoms with Crippen LogP contribution in [0.3, 0.4) is 0 Å². The molecule has 0 amide bonds. The number of halogens is 1. The maximum absolute atomic E-state index is 12.8. The molecule has 0 aliphatic rings. The quantitative estimate of drug-likeness (QED) is 0.802. The zero-order chi connectivity index (χ0) is 14.1. The van der Waals surface area contributed by atoms with E-state index >= 15 is 0 Å². The number of anilines is 1. The van der Waals surface area contributed by atoms with Crippen LogP contribution in [0.4, 0.5) is 10.1 Å². The predicted octanol–water partition coefficient (Wildman–Crippen LogP) is 3.42. The summed E-state index contributed by atoms with van der Waals surface area (Å²) in [6.07, 6.45) is 0.494. The molecule has 2 heterocycles. The Kier molecular flexibility index (Phi) is 3.23. The molecular formula is C14H12FN3OS. The van der Waals surface area contributed by atoms with E-state index < -0.39 is 0 Å². The van der Waals surface area contributed by atoms with Crippen LogP contribution in [0.1, 0.15) is 17.0 Å². The van der Waals surface area contributed by atoms with Gasteiger partial charge in [0, 0.05) is 6.42 Å². The van der Waals surface area contributed by atoms with Crippen molar-refractivity contribution in [3.8, 4) is 10.8 Å². The number of hydrogen-bond donors (Lipinski definition) is 1. The number of thiophene rings is 1. The van der Waals surface area contributed by atoms with Crippen molar-refractivity contribution < 1.29 is 8.91 Å². The predicted molar refractivity (Wildman–Crippen MR) is 76.0 cm³/mol. The summed E-state index contributed by atoms with van der Waals surface area (Å²) in [6.45, 7) is 1.94. The summed E-state index contributed by atoms with van der Waals surface area (Å²) < 4.78 is 18.1. The van der Waals surface area contributed by atoms with Crippen molar-refractivity contribution in [3.05, 3.63) is 52.4 Å². The Labute approximate surface area is 119 Å². The fraction of sp³-hybridized carbons (Fsp3) is 0.143. The summed E-state index contributed by atoms with van der Waals surface area (Å²) in [5.41, 5.74) is 8.56. The summed E-state index contributed by atoms with van der Waals surface area (Å²) in [7, 11) is 0. The fourth-order valence-corrected chi connectivity index (χ4v) is 2.72. The van der Waals surface area contributed by atoms with Gasteiger partial charge < -0.3 is 10.3 Å². The van der Waals surface area contributed by atoms with Crippen LogP contribution in [0.5, 0.6) is 0 Å². The average Bonchev–Trinajstić information content (AvgIpc) is 3.01. The molecule has 0 saturated carbocycles. The van der Waals surface area contributed by atoms with Crippen LogP contribution < -0.4 is 5.73 Å². The Balaban J connectivity index is 1.83. The zero-order valence-electron chi connectivity index (χ0n) is 10.8. The lowest BCUT2D eigenvalue weighted by molar-refractivity contribution is 0.425. The SMILES string of the molecule is Cc1csc(-c2nc(Cc3ccc(F)cc3)no2)c1N. The molecule has 0 atom stereocenters. The number of aryl methyl sites for hydroxylation is 1. The van der Waals surface area contributed by atoms with Crippen LogP contribution in [0.25, 0.3) is 10.8 Å². The molecule has 0 bridgehead atoms. The van der Waals surface area contributed by atoms with Crippen molar-refractivity contribution in [3.63, 3.8) is 0 Å². The first-order chi connectivity index (χ1) is 9.63. The van der Waals surface area contributed by atoms with E-state index in [1.54, 1.807) is 12.1 Å². The minimum atomic E-state index is -0.260. The summed E-state index contributed by atoms with van der Waals surface area (Å²) in [4.78, 5) is 5.12. The number of nitrogens with two attached hydrogens (primary N) is 1. The van der Waals surface area contributed by atoms with E-state index in [1.165, 1.54) is 23.5 Å². The third-order valence-corrected chi connectivity index (χ3v) is 4.06. The van der Waals surface area contributed by atoms with Crippen LogP contribution in [-0.2, 0) is 6.42 Å². The van der Waals surface area contributed by atoms with Crippen LogP contribution in [-0.4, -0.2) is 10.1 Å². The molecule has 102 valence electrons. The molecule has 1 aromatic carbocycles. The summed E-state index contributed by atoms with van der Waals surface area (Å²) in [5.74, 6) is 0.721. The van der Waals surface area contributed by atoms with Crippen molar-refractivity contribution in [2.45, 2.75) is 13.3 Å². The van der Waals surface area contributed by atoms with Gasteiger partial charge in [-0.2, -0.15) is 4.98 Å². The molecule has 0 aliphatic carbocycles. The van der Waals surface area contributed by atoms with Gasteiger partial charge in [0.05, 0.1) is 5.69 Å². The van der Waals surface area contributed by atoms with E-state index in [0.717, 1.165) is 16.0 Å². The van der Waals surface area contributed by atoms with Gasteiger partial charge in [-0.05, 0) is 35.6 Å². The van der Waals surface area contributed by atoms with Crippen LogP contribution in [0.15, 0.2) is 34.2 Å². The Morgan fingerprint density at radius 2 is 2.05 bits per heavy atom. The largest absolute Gasteiger partial charge is 0.397 e. The Morgan fingerprint density at radius 1 is 1.30 bits per heavy atom. The molecule has 2 aromatic heterocycles. The topological polar surface area (TPSA) is 64.9 Å². The lowest BCUT2D eigenvalue weighted by Gasteiger charge is -1.95. The molecule has 6 heteroatoms. The number of nitrogen functional groups attached to an aromatic ring is 1. The minimum absolute atomic E-state index is 0.260. The van der Waals surface area contributed by atoms with E-state index in [2.05, 4.69) is 10.1 Å². The monoisotopic (exact) mass is 289 g/mol. The Morgan fingerprint density at radius 3 is 2.70 bits per heavy atom. The number of rotatable bonds is 3. The second-order valence-corrected chi connectivity index (χ2v) is 5.36. The fourth-order valence-electron chi connectivity index (χ4n) is 1.82. The lowest BCUT2D eigenvalue weighted by atomic mass is 10.1. The highest BCUT2D eigenvalue weighted by molar-refractivity contribution is 7.14. The zero-order valence-corrected chi connectivity index (χ0v) is 11.6. The first-order valence-electron chi connectivity index (χ1n) is 6.04. The van der Waals surface area contributed by atoms with Gasteiger partial charge in [-0.25, -0.2) is 4.39 Å². The van der Waals surface area contributed by atoms with Crippen molar-refractivity contribution in [2.75, 3.05) is 5.73 Å². The minimum Gasteiger partial charge on any atom is -0.397 e. The molecule has 0 aliphatic heterocycles. The smallest absolute Gasteiger partial charge is 0.270 e. The van der Waals surface area contributed by atoms with Crippen molar-refractivity contribution in [2.24, 2.45) is 0 Å². The molecule has 3 rings (SSSR count). The molecule has 0 radical (unpaired) electrons. The van der Waals surface area contributed by atoms with Gasteiger partial charge in [0.2, 0.25) is 0 Å². The third-order valence-electron chi connectivity index (χ3n) is 2.96. The Bertz CT molecular complexity index is 733. The van der Waals surface area contributed by atoms with Gasteiger partial charge in [-0.15, -0.1) is 11.3 Å². The molecule has 2 N–H and O–H groups in total. The van der Waals surface area contributed by atoms with Crippen LogP contribution >= 0.6 is 11.3 Å². The second kappa shape index (κ2) is 5.05. The van der Waals surface area contributed by atoms with Gasteiger partial charge in [0.1, 0.15) is 10.7 Å². The van der Waals surface area contributed by atoms with E-state index in [4.69, 9.17) is 10.3 Å². The van der Waals surface area contributed by atoms with Gasteiger partial charge in [-0.3, -0.25) is 0 Å². The lowest BCUT2D eigenvalue weighted by Crippen LogP contribution is -1.91. The molecule has 4 nitrogen and oxygen atoms in total. The summed E-state index contributed by atoms with van der Waals surface area (Å²) >= 11 is 1.48. The highest BCUT2D eigenvalue weighted by Gasteiger charge is 2.15. The van der Waals surface area contributed by atoms with E-state index in [-0.39, 0.29) is 5.82 Å². The molecule has 0 spiro atoms. The maximum Gasteiger partial charge on any atom is 0.270 e. The first-order valence-corrected chi connectivity index (χ1v) is 6.92. The standard InChI is InChI=1S/C14H12FN3OS/c1-8-7-20-13(12(8)16)14-17-11(18-19-14)6-9-2-4-10(15)5-3-9/h2-5,7H,6,16H2,1H3. The van der Waals surface area contributed by atoms with Gasteiger partial charge in [0.15, 0.2) is 5.82 Å². The van der Waals surface area contributed by atoms with E-state index in [1.807, 2.05) is 12.3 Å². The van der Waals surface area contributed by atoms with Gasteiger partial charge in [0.25, 0.3) is 5.89 Å². The number of benzene rings is 1. The van der Waals surface area contributed by atoms with Crippen LogP contribution in [0.2, 0.25) is 0 Å². The highest BCUT2D eigenvalue weighted by atomic mass is 32.1. The van der Waals surface area contributed by atoms with Gasteiger partial charge in [-0.1, -0.05) is 17.3 Å². The molecule has 20 heavy (non-hydrogen) atoms. The molecule has 3 aromatic rings. The van der Waals surface area contributed by atoms with Gasteiger partial charge >= 0.3 is 0 Å². The van der Waals surface area contributed by atoms with Crippen molar-refractivity contribution >= 4 is 17.0 Å². The Hall–Kier alpha value is -2.21.